The first-order valence-electron chi connectivity index (χ1n) is 2.46. The van der Waals surface area contributed by atoms with Gasteiger partial charge >= 0.3 is 0 Å². The topological polar surface area (TPSA) is 15.6 Å². The van der Waals surface area contributed by atoms with E-state index in [9.17, 15) is 0 Å². The second-order valence-electron chi connectivity index (χ2n) is 2.06. The molecule has 0 saturated heterocycles. The molecule has 0 aromatic heterocycles. The lowest BCUT2D eigenvalue weighted by Crippen LogP contribution is -2.18. The van der Waals surface area contributed by atoms with Crippen LogP contribution in [0.4, 0.5) is 0 Å². The quantitative estimate of drug-likeness (QED) is 0.512. The lowest BCUT2D eigenvalue weighted by atomic mass is 10.4. The summed E-state index contributed by atoms with van der Waals surface area (Å²) in [4.78, 5) is 2.09. The molecule has 0 saturated carbocycles. The number of rotatable bonds is 2. The van der Waals surface area contributed by atoms with Crippen molar-refractivity contribution in [2.75, 3.05) is 20.6 Å². The van der Waals surface area contributed by atoms with Crippen molar-refractivity contribution in [2.45, 2.75) is 6.92 Å². The van der Waals surface area contributed by atoms with E-state index >= 15 is 0 Å². The van der Waals surface area contributed by atoms with Gasteiger partial charge in [0.25, 0.3) is 0 Å². The molecule has 0 amide bonds. The molecule has 0 bridgehead atoms. The van der Waals surface area contributed by atoms with E-state index in [0.29, 0.717) is 0 Å². The van der Waals surface area contributed by atoms with Gasteiger partial charge in [0.15, 0.2) is 0 Å². The highest BCUT2D eigenvalue weighted by Crippen LogP contribution is 1.87. The smallest absolute Gasteiger partial charge is 0.0830 e. The second-order valence-corrected chi connectivity index (χ2v) is 2.54. The standard InChI is InChI=1S/C5H11IN2/c1-5(7-6)4-8(2)3/h4H2,1-3H3/b7-5-. The van der Waals surface area contributed by atoms with Crippen LogP contribution in [0, 0.1) is 0 Å². The van der Waals surface area contributed by atoms with Gasteiger partial charge in [-0.1, -0.05) is 0 Å². The Balaban J connectivity index is 3.39. The van der Waals surface area contributed by atoms with Gasteiger partial charge in [-0.25, -0.2) is 3.21 Å². The van der Waals surface area contributed by atoms with Crippen molar-refractivity contribution in [1.29, 1.82) is 0 Å². The zero-order chi connectivity index (χ0) is 6.57. The van der Waals surface area contributed by atoms with Crippen LogP contribution in [0.2, 0.25) is 0 Å². The van der Waals surface area contributed by atoms with Gasteiger partial charge in [-0.2, -0.15) is 0 Å². The lowest BCUT2D eigenvalue weighted by molar-refractivity contribution is 0.469. The Kier molecular flexibility index (Phi) is 4.45. The van der Waals surface area contributed by atoms with E-state index in [1.807, 2.05) is 43.9 Å². The fourth-order valence-electron chi connectivity index (χ4n) is 0.484. The molecule has 0 rings (SSSR count). The summed E-state index contributed by atoms with van der Waals surface area (Å²) in [6, 6.07) is 0. The summed E-state index contributed by atoms with van der Waals surface area (Å²) in [6.07, 6.45) is 0. The van der Waals surface area contributed by atoms with Crippen LogP contribution in [0.5, 0.6) is 0 Å². The van der Waals surface area contributed by atoms with Gasteiger partial charge in [-0.15, -0.1) is 0 Å². The molecule has 48 valence electrons. The zero-order valence-corrected chi connectivity index (χ0v) is 7.64. The van der Waals surface area contributed by atoms with Crippen molar-refractivity contribution in [3.8, 4) is 0 Å². The van der Waals surface area contributed by atoms with Crippen LogP contribution in [0.25, 0.3) is 0 Å². The molecule has 8 heavy (non-hydrogen) atoms. The Morgan fingerprint density at radius 2 is 2.12 bits per heavy atom. The summed E-state index contributed by atoms with van der Waals surface area (Å²) in [6.45, 7) is 2.98. The monoisotopic (exact) mass is 226 g/mol. The van der Waals surface area contributed by atoms with Crippen molar-refractivity contribution in [1.82, 2.24) is 4.90 Å². The first kappa shape index (κ1) is 8.36. The van der Waals surface area contributed by atoms with Crippen LogP contribution < -0.4 is 0 Å². The van der Waals surface area contributed by atoms with Crippen LogP contribution >= 0.6 is 22.9 Å². The summed E-state index contributed by atoms with van der Waals surface area (Å²) in [5.74, 6) is 0. The fourth-order valence-corrected chi connectivity index (χ4v) is 0.637. The number of halogens is 1. The third kappa shape index (κ3) is 4.52. The normalized spacial score (nSPS) is 12.9. The number of hydrogen-bond donors (Lipinski definition) is 0. The maximum atomic E-state index is 3.97. The molecule has 0 aliphatic carbocycles. The average Bonchev–Trinajstić information content (AvgIpc) is 1.65. The third-order valence-corrected chi connectivity index (χ3v) is 1.51. The molecular weight excluding hydrogens is 215 g/mol. The van der Waals surface area contributed by atoms with E-state index in [2.05, 4.69) is 8.11 Å². The molecule has 3 heteroatoms. The Labute approximate surface area is 64.5 Å². The molecule has 0 spiro atoms. The number of hydrogen-bond acceptors (Lipinski definition) is 2. The van der Waals surface area contributed by atoms with E-state index in [-0.39, 0.29) is 0 Å². The van der Waals surface area contributed by atoms with Crippen LogP contribution in [0.3, 0.4) is 0 Å². The summed E-state index contributed by atoms with van der Waals surface area (Å²) >= 11 is 2.01. The average molecular weight is 226 g/mol. The molecule has 0 heterocycles. The predicted octanol–water partition coefficient (Wildman–Crippen LogP) is 1.36. The summed E-state index contributed by atoms with van der Waals surface area (Å²) in [5.41, 5.74) is 1.16. The summed E-state index contributed by atoms with van der Waals surface area (Å²) in [5, 5.41) is 0. The maximum Gasteiger partial charge on any atom is 0.0830 e. The van der Waals surface area contributed by atoms with E-state index in [1.54, 1.807) is 0 Å². The van der Waals surface area contributed by atoms with Crippen LogP contribution in [-0.2, 0) is 0 Å². The molecular formula is C5H11IN2. The van der Waals surface area contributed by atoms with Crippen LogP contribution in [0.15, 0.2) is 3.21 Å². The minimum absolute atomic E-state index is 0.961. The highest BCUT2D eigenvalue weighted by atomic mass is 127. The van der Waals surface area contributed by atoms with Gasteiger partial charge in [-0.3, -0.25) is 0 Å². The molecule has 0 N–H and O–H groups in total. The Morgan fingerprint density at radius 3 is 2.25 bits per heavy atom. The SMILES string of the molecule is C/C(CN(C)C)=N/I. The van der Waals surface area contributed by atoms with Gasteiger partial charge in [0.2, 0.25) is 0 Å². The van der Waals surface area contributed by atoms with Gasteiger partial charge in [0.05, 0.1) is 22.9 Å². The van der Waals surface area contributed by atoms with Crippen molar-refractivity contribution in [3.63, 3.8) is 0 Å². The van der Waals surface area contributed by atoms with Gasteiger partial charge < -0.3 is 4.90 Å². The minimum Gasteiger partial charge on any atom is -0.304 e. The van der Waals surface area contributed by atoms with Crippen molar-refractivity contribution >= 4 is 28.6 Å². The Bertz CT molecular complexity index is 88.4. The Morgan fingerprint density at radius 1 is 1.62 bits per heavy atom. The minimum atomic E-state index is 0.961. The van der Waals surface area contributed by atoms with Gasteiger partial charge in [0.1, 0.15) is 0 Å². The molecule has 0 aromatic rings. The second kappa shape index (κ2) is 4.26. The molecule has 0 fully saturated rings. The van der Waals surface area contributed by atoms with Crippen LogP contribution in [0.1, 0.15) is 6.92 Å². The molecule has 0 unspecified atom stereocenters. The molecule has 2 nitrogen and oxygen atoms in total. The molecule has 0 aliphatic heterocycles. The van der Waals surface area contributed by atoms with Crippen molar-refractivity contribution in [3.05, 3.63) is 0 Å². The van der Waals surface area contributed by atoms with Crippen molar-refractivity contribution < 1.29 is 0 Å². The largest absolute Gasteiger partial charge is 0.304 e. The molecule has 0 radical (unpaired) electrons. The molecule has 0 aromatic carbocycles. The van der Waals surface area contributed by atoms with Crippen molar-refractivity contribution in [2.24, 2.45) is 3.21 Å². The highest BCUT2D eigenvalue weighted by Gasteiger charge is 1.90. The fraction of sp³-hybridized carbons (Fsp3) is 0.800. The zero-order valence-electron chi connectivity index (χ0n) is 5.48. The van der Waals surface area contributed by atoms with E-state index in [1.165, 1.54) is 0 Å². The first-order valence-corrected chi connectivity index (χ1v) is 3.42. The molecule has 0 aliphatic rings. The molecule has 0 atom stereocenters. The number of nitrogens with zero attached hydrogens (tertiary/aromatic N) is 2. The lowest BCUT2D eigenvalue weighted by Gasteiger charge is -2.06. The van der Waals surface area contributed by atoms with E-state index in [0.717, 1.165) is 12.3 Å². The van der Waals surface area contributed by atoms with Crippen LogP contribution in [-0.4, -0.2) is 31.3 Å². The summed E-state index contributed by atoms with van der Waals surface area (Å²) in [7, 11) is 4.07. The summed E-state index contributed by atoms with van der Waals surface area (Å²) < 4.78 is 3.97. The third-order valence-electron chi connectivity index (χ3n) is 0.689. The van der Waals surface area contributed by atoms with Gasteiger partial charge in [0, 0.05) is 12.3 Å². The Hall–Kier alpha value is 0.360. The van der Waals surface area contributed by atoms with E-state index < -0.39 is 0 Å². The first-order chi connectivity index (χ1) is 3.66. The predicted molar refractivity (Wildman–Crippen MR) is 45.7 cm³/mol. The van der Waals surface area contributed by atoms with E-state index in [4.69, 9.17) is 0 Å². The van der Waals surface area contributed by atoms with Gasteiger partial charge in [-0.05, 0) is 21.0 Å². The highest BCUT2D eigenvalue weighted by molar-refractivity contribution is 14.1. The maximum absolute atomic E-state index is 3.97.